The van der Waals surface area contributed by atoms with Crippen molar-refractivity contribution in [3.8, 4) is 5.75 Å². The van der Waals surface area contributed by atoms with Gasteiger partial charge in [-0.05, 0) is 48.8 Å². The Kier molecular flexibility index (Phi) is 4.06. The van der Waals surface area contributed by atoms with Crippen molar-refractivity contribution >= 4 is 0 Å². The maximum atomic E-state index is 9.24. The lowest BCUT2D eigenvalue weighted by Crippen LogP contribution is -2.30. The zero-order chi connectivity index (χ0) is 12.3. The average Bonchev–Trinajstić information content (AvgIpc) is 2.81. The van der Waals surface area contributed by atoms with E-state index in [0.29, 0.717) is 11.7 Å². The molecule has 1 aromatic carbocycles. The van der Waals surface area contributed by atoms with Crippen LogP contribution in [0.3, 0.4) is 0 Å². The first-order chi connectivity index (χ1) is 8.19. The van der Waals surface area contributed by atoms with Gasteiger partial charge in [-0.2, -0.15) is 0 Å². The first kappa shape index (κ1) is 12.4. The summed E-state index contributed by atoms with van der Waals surface area (Å²) in [6.07, 6.45) is 6.17. The van der Waals surface area contributed by atoms with Crippen LogP contribution in [0.2, 0.25) is 0 Å². The van der Waals surface area contributed by atoms with Gasteiger partial charge in [0.25, 0.3) is 0 Å². The molecule has 3 N–H and O–H groups in total. The van der Waals surface area contributed by atoms with Gasteiger partial charge in [0, 0.05) is 6.04 Å². The Labute approximate surface area is 104 Å². The zero-order valence-corrected chi connectivity index (χ0v) is 10.6. The van der Waals surface area contributed by atoms with Crippen molar-refractivity contribution in [2.45, 2.75) is 45.1 Å². The number of phenolic OH excluding ortho intramolecular Hbond substituents is 1. The highest BCUT2D eigenvalue weighted by Crippen LogP contribution is 2.35. The molecule has 0 saturated heterocycles. The molecule has 0 heterocycles. The van der Waals surface area contributed by atoms with Crippen LogP contribution in [0.15, 0.2) is 24.3 Å². The summed E-state index contributed by atoms with van der Waals surface area (Å²) >= 11 is 0. The third kappa shape index (κ3) is 3.22. The molecule has 2 heteroatoms. The lowest BCUT2D eigenvalue weighted by Gasteiger charge is -2.19. The molecule has 17 heavy (non-hydrogen) atoms. The number of hydrogen-bond donors (Lipinski definition) is 2. The highest BCUT2D eigenvalue weighted by Gasteiger charge is 2.27. The Morgan fingerprint density at radius 2 is 2.00 bits per heavy atom. The first-order valence-electron chi connectivity index (χ1n) is 6.72. The molecular formula is C15H23NO. The number of benzene rings is 1. The second-order valence-corrected chi connectivity index (χ2v) is 5.38. The Bertz CT molecular complexity index is 346. The molecule has 0 amide bonds. The molecule has 1 aliphatic rings. The van der Waals surface area contributed by atoms with Crippen molar-refractivity contribution in [1.82, 2.24) is 0 Å². The monoisotopic (exact) mass is 233 g/mol. The number of rotatable bonds is 4. The van der Waals surface area contributed by atoms with Crippen LogP contribution in [0.5, 0.6) is 5.75 Å². The SMILES string of the molecule is CCC1CCC(C(N)Cc2ccc(O)cc2)C1. The predicted octanol–water partition coefficient (Wildman–Crippen LogP) is 3.09. The van der Waals surface area contributed by atoms with E-state index in [1.165, 1.54) is 31.2 Å². The molecule has 3 atom stereocenters. The average molecular weight is 233 g/mol. The molecule has 3 unspecified atom stereocenters. The van der Waals surface area contributed by atoms with Gasteiger partial charge in [-0.15, -0.1) is 0 Å². The molecular weight excluding hydrogens is 210 g/mol. The third-order valence-corrected chi connectivity index (χ3v) is 4.17. The van der Waals surface area contributed by atoms with Gasteiger partial charge in [-0.3, -0.25) is 0 Å². The highest BCUT2D eigenvalue weighted by molar-refractivity contribution is 5.26. The van der Waals surface area contributed by atoms with E-state index in [-0.39, 0.29) is 6.04 Å². The van der Waals surface area contributed by atoms with Crippen molar-refractivity contribution in [2.24, 2.45) is 17.6 Å². The van der Waals surface area contributed by atoms with Crippen molar-refractivity contribution in [2.75, 3.05) is 0 Å². The summed E-state index contributed by atoms with van der Waals surface area (Å²) in [5.41, 5.74) is 7.54. The van der Waals surface area contributed by atoms with Crippen molar-refractivity contribution < 1.29 is 5.11 Å². The largest absolute Gasteiger partial charge is 0.508 e. The van der Waals surface area contributed by atoms with E-state index in [2.05, 4.69) is 6.92 Å². The maximum Gasteiger partial charge on any atom is 0.115 e. The predicted molar refractivity (Wildman–Crippen MR) is 70.9 cm³/mol. The summed E-state index contributed by atoms with van der Waals surface area (Å²) in [6, 6.07) is 7.70. The molecule has 2 nitrogen and oxygen atoms in total. The van der Waals surface area contributed by atoms with E-state index in [4.69, 9.17) is 5.73 Å². The Morgan fingerprint density at radius 1 is 1.29 bits per heavy atom. The van der Waals surface area contributed by atoms with E-state index in [1.807, 2.05) is 12.1 Å². The van der Waals surface area contributed by atoms with Gasteiger partial charge >= 0.3 is 0 Å². The zero-order valence-electron chi connectivity index (χ0n) is 10.6. The molecule has 2 rings (SSSR count). The summed E-state index contributed by atoms with van der Waals surface area (Å²) in [6.45, 7) is 2.28. The van der Waals surface area contributed by atoms with E-state index >= 15 is 0 Å². The Balaban J connectivity index is 1.89. The maximum absolute atomic E-state index is 9.24. The van der Waals surface area contributed by atoms with E-state index in [0.717, 1.165) is 12.3 Å². The highest BCUT2D eigenvalue weighted by atomic mass is 16.3. The number of hydrogen-bond acceptors (Lipinski definition) is 2. The fourth-order valence-electron chi connectivity index (χ4n) is 2.94. The van der Waals surface area contributed by atoms with Crippen LogP contribution in [-0.4, -0.2) is 11.1 Å². The smallest absolute Gasteiger partial charge is 0.115 e. The van der Waals surface area contributed by atoms with E-state index < -0.39 is 0 Å². The molecule has 1 aliphatic carbocycles. The minimum absolute atomic E-state index is 0.274. The van der Waals surface area contributed by atoms with Crippen LogP contribution in [-0.2, 0) is 6.42 Å². The normalized spacial score (nSPS) is 26.0. The second kappa shape index (κ2) is 5.54. The van der Waals surface area contributed by atoms with Gasteiger partial charge in [-0.25, -0.2) is 0 Å². The molecule has 0 aliphatic heterocycles. The van der Waals surface area contributed by atoms with E-state index in [9.17, 15) is 5.11 Å². The fourth-order valence-corrected chi connectivity index (χ4v) is 2.94. The standard InChI is InChI=1S/C15H23NO/c1-2-11-3-6-13(9-11)15(16)10-12-4-7-14(17)8-5-12/h4-5,7-8,11,13,15,17H,2-3,6,9-10,16H2,1H3. The lowest BCUT2D eigenvalue weighted by molar-refractivity contribution is 0.405. The molecule has 1 fully saturated rings. The molecule has 0 bridgehead atoms. The van der Waals surface area contributed by atoms with Gasteiger partial charge in [0.2, 0.25) is 0 Å². The van der Waals surface area contributed by atoms with Crippen LogP contribution in [0.1, 0.15) is 38.2 Å². The summed E-state index contributed by atoms with van der Waals surface area (Å²) in [5, 5.41) is 9.24. The summed E-state index contributed by atoms with van der Waals surface area (Å²) in [7, 11) is 0. The lowest BCUT2D eigenvalue weighted by atomic mass is 9.92. The topological polar surface area (TPSA) is 46.2 Å². The third-order valence-electron chi connectivity index (χ3n) is 4.17. The van der Waals surface area contributed by atoms with Crippen LogP contribution in [0.4, 0.5) is 0 Å². The Hall–Kier alpha value is -1.02. The van der Waals surface area contributed by atoms with Gasteiger partial charge in [0.15, 0.2) is 0 Å². The molecule has 0 aromatic heterocycles. The van der Waals surface area contributed by atoms with Gasteiger partial charge < -0.3 is 10.8 Å². The van der Waals surface area contributed by atoms with Crippen LogP contribution >= 0.6 is 0 Å². The Morgan fingerprint density at radius 3 is 2.59 bits per heavy atom. The van der Waals surface area contributed by atoms with Crippen molar-refractivity contribution in [1.29, 1.82) is 0 Å². The van der Waals surface area contributed by atoms with Crippen LogP contribution < -0.4 is 5.73 Å². The van der Waals surface area contributed by atoms with Gasteiger partial charge in [0.05, 0.1) is 0 Å². The molecule has 94 valence electrons. The molecule has 0 spiro atoms. The first-order valence-corrected chi connectivity index (χ1v) is 6.72. The molecule has 1 aromatic rings. The van der Waals surface area contributed by atoms with Crippen LogP contribution in [0.25, 0.3) is 0 Å². The number of nitrogens with two attached hydrogens (primary N) is 1. The molecule has 1 saturated carbocycles. The number of aromatic hydroxyl groups is 1. The van der Waals surface area contributed by atoms with Gasteiger partial charge in [0.1, 0.15) is 5.75 Å². The quantitative estimate of drug-likeness (QED) is 0.839. The fraction of sp³-hybridized carbons (Fsp3) is 0.600. The minimum atomic E-state index is 0.274. The van der Waals surface area contributed by atoms with Crippen molar-refractivity contribution in [3.63, 3.8) is 0 Å². The van der Waals surface area contributed by atoms with E-state index in [1.54, 1.807) is 12.1 Å². The van der Waals surface area contributed by atoms with Crippen LogP contribution in [0, 0.1) is 11.8 Å². The molecule has 0 radical (unpaired) electrons. The van der Waals surface area contributed by atoms with Gasteiger partial charge in [-0.1, -0.05) is 31.9 Å². The summed E-state index contributed by atoms with van der Waals surface area (Å²) in [5.74, 6) is 1.91. The number of phenols is 1. The summed E-state index contributed by atoms with van der Waals surface area (Å²) < 4.78 is 0. The summed E-state index contributed by atoms with van der Waals surface area (Å²) in [4.78, 5) is 0. The van der Waals surface area contributed by atoms with Crippen molar-refractivity contribution in [3.05, 3.63) is 29.8 Å². The minimum Gasteiger partial charge on any atom is -0.508 e. The second-order valence-electron chi connectivity index (χ2n) is 5.38.